The molecule has 31 heteroatoms. The van der Waals surface area contributed by atoms with Crippen LogP contribution in [-0.2, 0) is 81.2 Å². The Labute approximate surface area is 459 Å². The van der Waals surface area contributed by atoms with Crippen molar-refractivity contribution in [2.75, 3.05) is 98.8 Å². The van der Waals surface area contributed by atoms with Gasteiger partial charge in [0.15, 0.2) is 0 Å². The molecule has 0 bridgehead atoms. The van der Waals surface area contributed by atoms with E-state index in [1.807, 2.05) is 0 Å². The van der Waals surface area contributed by atoms with E-state index in [2.05, 4.69) is 21.3 Å². The third-order valence-electron chi connectivity index (χ3n) is 14.1. The van der Waals surface area contributed by atoms with Crippen LogP contribution >= 0.6 is 0 Å². The Kier molecular flexibility index (Phi) is 23.7. The molecule has 31 nitrogen and oxygen atoms in total. The van der Waals surface area contributed by atoms with E-state index in [0.717, 1.165) is 26.9 Å². The van der Waals surface area contributed by atoms with Crippen molar-refractivity contribution in [3.05, 3.63) is 12.2 Å². The van der Waals surface area contributed by atoms with Crippen molar-refractivity contribution < 1.29 is 112 Å². The van der Waals surface area contributed by atoms with Crippen LogP contribution in [0.25, 0.3) is 0 Å². The summed E-state index contributed by atoms with van der Waals surface area (Å²) in [5.41, 5.74) is -2.39. The fourth-order valence-corrected chi connectivity index (χ4v) is 8.99. The van der Waals surface area contributed by atoms with Gasteiger partial charge in [0, 0.05) is 64.1 Å². The standard InChI is InChI=1S/C49H74N8O23/c1-48(2,46(73)79-25-27-34(63)36(65)38(67)40-52-42(69)44(71)56(27)40)10-7-29(58)50-12-17-75-21-23-77-19-15-54(31(60)9-14-55-32(61)5-6-33(55)62)16-20-78-24-22-76-18-13-51-30(59)8-11-49(3,4)47(74)80-26-28-35(64)37(66)39(68)41-53-43(70)45(72)57(28)41/h5-6,27-28,34-41,63-68H,7-26H2,1-4H3,(H,50,58)(H,51,59)(H,52,69)(H,53,70)/t27-,28-,34-,35-,36+,37+,38+,39+,40+,41+/m1/s1. The topological polar surface area (TPSA) is 426 Å². The number of imide groups is 1. The molecule has 0 aromatic rings. The Bertz CT molecular complexity index is 2160. The fraction of sp³-hybridized carbons (Fsp3) is 0.735. The minimum absolute atomic E-state index is 0.0494. The maximum Gasteiger partial charge on any atom is 0.314 e. The number of piperidine rings is 2. The second kappa shape index (κ2) is 29.4. The Morgan fingerprint density at radius 3 is 1.30 bits per heavy atom. The SMILES string of the molecule is CC(C)(CCC(=O)NCCOCCOCCN(CCOCCOCCNC(=O)CCC(C)(C)C(=O)OC[C@@H]1[C@@H](O)[C@H](O)[C@H](O)[C@H]2NC(=O)C(=O)N12)C(=O)CCN1C(=O)C=CC1=O)C(=O)OC[C@@H]1[C@@H](O)[C@H](O)[C@H](O)[C@H]2NC(=O)C(=O)N12. The molecule has 0 radical (unpaired) electrons. The number of amides is 9. The van der Waals surface area contributed by atoms with Crippen molar-refractivity contribution in [1.82, 2.24) is 40.9 Å². The zero-order valence-electron chi connectivity index (χ0n) is 45.0. The van der Waals surface area contributed by atoms with Gasteiger partial charge in [-0.2, -0.15) is 0 Å². The van der Waals surface area contributed by atoms with Crippen molar-refractivity contribution >= 4 is 65.1 Å². The normalized spacial score (nSPS) is 25.6. The lowest BCUT2D eigenvalue weighted by molar-refractivity contribution is -0.184. The molecular weight excluding hydrogens is 1070 g/mol. The molecule has 448 valence electrons. The first-order valence-corrected chi connectivity index (χ1v) is 26.1. The summed E-state index contributed by atoms with van der Waals surface area (Å²) >= 11 is 0. The molecule has 5 rings (SSSR count). The number of rotatable bonds is 33. The van der Waals surface area contributed by atoms with Gasteiger partial charge in [-0.25, -0.2) is 0 Å². The van der Waals surface area contributed by atoms with E-state index in [1.54, 1.807) is 0 Å². The molecule has 0 aromatic heterocycles. The Balaban J connectivity index is 0.906. The minimum atomic E-state index is -1.73. The molecule has 0 unspecified atom stereocenters. The van der Waals surface area contributed by atoms with Gasteiger partial charge >= 0.3 is 35.6 Å². The summed E-state index contributed by atoms with van der Waals surface area (Å²) in [4.78, 5) is 141. The highest BCUT2D eigenvalue weighted by Gasteiger charge is 2.57. The van der Waals surface area contributed by atoms with Crippen molar-refractivity contribution in [2.45, 2.75) is 121 Å². The average Bonchev–Trinajstić information content (AvgIpc) is 4.03. The highest BCUT2D eigenvalue weighted by molar-refractivity contribution is 6.37. The smallest absolute Gasteiger partial charge is 0.314 e. The summed E-state index contributed by atoms with van der Waals surface area (Å²) in [6, 6.07) is -2.65. The predicted octanol–water partition coefficient (Wildman–Crippen LogP) is -7.37. The lowest BCUT2D eigenvalue weighted by Crippen LogP contribution is -2.68. The number of aliphatic hydroxyl groups excluding tert-OH is 6. The molecule has 0 spiro atoms. The van der Waals surface area contributed by atoms with Gasteiger partial charge in [0.05, 0.1) is 75.8 Å². The number of ether oxygens (including phenoxy) is 6. The highest BCUT2D eigenvalue weighted by Crippen LogP contribution is 2.31. The van der Waals surface area contributed by atoms with E-state index in [-0.39, 0.29) is 135 Å². The number of carbonyl (C=O) groups is 11. The number of nitrogens with zero attached hydrogens (tertiary/aromatic N) is 4. The van der Waals surface area contributed by atoms with Gasteiger partial charge in [-0.3, -0.25) is 57.6 Å². The van der Waals surface area contributed by atoms with Crippen LogP contribution in [0.3, 0.4) is 0 Å². The van der Waals surface area contributed by atoms with Crippen LogP contribution in [0.2, 0.25) is 0 Å². The monoisotopic (exact) mass is 1140 g/mol. The van der Waals surface area contributed by atoms with Crippen LogP contribution in [0.1, 0.15) is 59.8 Å². The van der Waals surface area contributed by atoms with E-state index in [1.165, 1.54) is 32.6 Å². The van der Waals surface area contributed by atoms with Crippen LogP contribution in [0.4, 0.5) is 0 Å². The molecule has 0 aliphatic carbocycles. The first-order valence-electron chi connectivity index (χ1n) is 26.1. The molecule has 10 atom stereocenters. The van der Waals surface area contributed by atoms with E-state index >= 15 is 0 Å². The number of aliphatic hydroxyl groups is 6. The molecular formula is C49H74N8O23. The summed E-state index contributed by atoms with van der Waals surface area (Å²) < 4.78 is 33.0. The van der Waals surface area contributed by atoms with Gasteiger partial charge in [0.25, 0.3) is 11.8 Å². The fourth-order valence-electron chi connectivity index (χ4n) is 8.99. The predicted molar refractivity (Wildman–Crippen MR) is 265 cm³/mol. The second-order valence-corrected chi connectivity index (χ2v) is 20.7. The number of nitrogens with one attached hydrogen (secondary N) is 4. The number of hydrogen-bond donors (Lipinski definition) is 10. The van der Waals surface area contributed by atoms with Gasteiger partial charge in [-0.1, -0.05) is 0 Å². The minimum Gasteiger partial charge on any atom is -0.463 e. The number of fused-ring (bicyclic) bond motifs is 2. The van der Waals surface area contributed by atoms with E-state index in [4.69, 9.17) is 28.4 Å². The quantitative estimate of drug-likeness (QED) is 0.0126. The average molecular weight is 1140 g/mol. The summed E-state index contributed by atoms with van der Waals surface area (Å²) in [5.74, 6) is -7.95. The molecule has 5 aliphatic heterocycles. The first kappa shape index (κ1) is 64.5. The third kappa shape index (κ3) is 16.9. The van der Waals surface area contributed by atoms with E-state index in [0.29, 0.717) is 0 Å². The lowest BCUT2D eigenvalue weighted by atomic mass is 9.87. The summed E-state index contributed by atoms with van der Waals surface area (Å²) in [6.45, 7) is 6.33. The van der Waals surface area contributed by atoms with Crippen molar-refractivity contribution in [2.24, 2.45) is 10.8 Å². The van der Waals surface area contributed by atoms with Gasteiger partial charge in [-0.15, -0.1) is 0 Å². The van der Waals surface area contributed by atoms with Crippen molar-refractivity contribution in [1.29, 1.82) is 0 Å². The van der Waals surface area contributed by atoms with Crippen LogP contribution in [0, 0.1) is 10.8 Å². The maximum atomic E-state index is 13.2. The zero-order chi connectivity index (χ0) is 59.1. The van der Waals surface area contributed by atoms with Crippen LogP contribution in [-0.4, -0.2) is 275 Å². The van der Waals surface area contributed by atoms with E-state index < -0.39 is 132 Å². The van der Waals surface area contributed by atoms with Crippen LogP contribution in [0.15, 0.2) is 12.2 Å². The van der Waals surface area contributed by atoms with Gasteiger partial charge in [-0.05, 0) is 40.5 Å². The largest absolute Gasteiger partial charge is 0.463 e. The Morgan fingerprint density at radius 1 is 0.537 bits per heavy atom. The molecule has 80 heavy (non-hydrogen) atoms. The number of esters is 2. The highest BCUT2D eigenvalue weighted by atomic mass is 16.5. The van der Waals surface area contributed by atoms with Crippen molar-refractivity contribution in [3.63, 3.8) is 0 Å². The van der Waals surface area contributed by atoms with Crippen LogP contribution < -0.4 is 21.3 Å². The molecule has 5 heterocycles. The molecule has 5 aliphatic rings. The summed E-state index contributed by atoms with van der Waals surface area (Å²) in [6.07, 6.45) is -10.8. The third-order valence-corrected chi connectivity index (χ3v) is 14.1. The summed E-state index contributed by atoms with van der Waals surface area (Å²) in [5, 5.41) is 71.7. The molecule has 0 saturated carbocycles. The lowest BCUT2D eigenvalue weighted by Gasteiger charge is -2.44. The summed E-state index contributed by atoms with van der Waals surface area (Å²) in [7, 11) is 0. The Hall–Kier alpha value is -6.29. The van der Waals surface area contributed by atoms with Crippen molar-refractivity contribution in [3.8, 4) is 0 Å². The number of carbonyl (C=O) groups excluding carboxylic acids is 11. The second-order valence-electron chi connectivity index (χ2n) is 20.7. The molecule has 4 saturated heterocycles. The first-order chi connectivity index (χ1) is 37.8. The Morgan fingerprint density at radius 2 is 0.912 bits per heavy atom. The maximum absolute atomic E-state index is 13.2. The molecule has 9 amide bonds. The molecule has 4 fully saturated rings. The van der Waals surface area contributed by atoms with Crippen LogP contribution in [0.5, 0.6) is 0 Å². The van der Waals surface area contributed by atoms with E-state index in [9.17, 15) is 83.4 Å². The van der Waals surface area contributed by atoms with Gasteiger partial charge in [0.2, 0.25) is 17.7 Å². The molecule has 10 N–H and O–H groups in total. The zero-order valence-corrected chi connectivity index (χ0v) is 45.0. The number of hydrogen-bond acceptors (Lipinski definition) is 23. The van der Waals surface area contributed by atoms with Gasteiger partial charge in [0.1, 0.15) is 62.2 Å². The van der Waals surface area contributed by atoms with Gasteiger partial charge < -0.3 is 95.0 Å². The molecule has 0 aromatic carbocycles.